The van der Waals surface area contributed by atoms with Gasteiger partial charge in [-0.2, -0.15) is 0 Å². The summed E-state index contributed by atoms with van der Waals surface area (Å²) in [6.45, 7) is 7.05. The second-order valence-electron chi connectivity index (χ2n) is 5.19. The van der Waals surface area contributed by atoms with Crippen LogP contribution in [0, 0.1) is 0 Å². The van der Waals surface area contributed by atoms with Crippen molar-refractivity contribution in [3.05, 3.63) is 36.5 Å². The van der Waals surface area contributed by atoms with Crippen molar-refractivity contribution in [2.45, 2.75) is 19.4 Å². The monoisotopic (exact) mass is 291 g/mol. The molecule has 0 aliphatic heterocycles. The molecule has 0 atom stereocenters. The molecule has 6 heteroatoms. The molecular weight excluding hydrogens is 270 g/mol. The Kier molecular flexibility index (Phi) is 5.10. The van der Waals surface area contributed by atoms with E-state index in [0.29, 0.717) is 11.4 Å². The number of carbonyl (C=O) groups excluding carboxylic acids is 1. The van der Waals surface area contributed by atoms with Crippen molar-refractivity contribution in [1.82, 2.24) is 5.32 Å². The highest BCUT2D eigenvalue weighted by molar-refractivity contribution is 5.97. The summed E-state index contributed by atoms with van der Waals surface area (Å²) in [5.41, 5.74) is 0.616. The van der Waals surface area contributed by atoms with E-state index < -0.39 is 11.5 Å². The van der Waals surface area contributed by atoms with E-state index in [-0.39, 0.29) is 11.6 Å². The van der Waals surface area contributed by atoms with Crippen LogP contribution < -0.4 is 15.5 Å². The Balaban J connectivity index is 2.82. The predicted octanol–water partition coefficient (Wildman–Crippen LogP) is 1.66. The Hall–Kier alpha value is -2.34. The van der Waals surface area contributed by atoms with Crippen LogP contribution in [0.3, 0.4) is 0 Å². The molecule has 0 aliphatic carbocycles. The number of carboxylic acid groups (broad SMARTS) is 1. The lowest BCUT2D eigenvalue weighted by atomic mass is 10.1. The lowest BCUT2D eigenvalue weighted by Gasteiger charge is -2.23. The number of benzene rings is 1. The number of likely N-dealkylation sites (N-methyl/N-ethyl adjacent to an activating group) is 2. The minimum absolute atomic E-state index is 0.0249. The Morgan fingerprint density at radius 3 is 2.19 bits per heavy atom. The van der Waals surface area contributed by atoms with E-state index in [1.54, 1.807) is 52.2 Å². The van der Waals surface area contributed by atoms with Crippen molar-refractivity contribution in [1.29, 1.82) is 0 Å². The third-order valence-corrected chi connectivity index (χ3v) is 3.36. The van der Waals surface area contributed by atoms with Crippen LogP contribution in [0.15, 0.2) is 36.5 Å². The molecule has 0 aliphatic rings. The molecule has 0 aromatic heterocycles. The third-order valence-electron chi connectivity index (χ3n) is 3.36. The molecule has 1 aromatic rings. The number of aliphatic carboxylic acids is 1. The van der Waals surface area contributed by atoms with Gasteiger partial charge in [-0.25, -0.2) is 4.79 Å². The number of anilines is 2. The standard InChI is InChI=1S/C15H21N3O3/c1-10(13(19)20)18(5)12-8-6-11(7-9-12)17-14(21)15(2,3)16-4/h6-9,16H,1H2,2-5H3,(H,17,21)(H,19,20). The Labute approximate surface area is 124 Å². The highest BCUT2D eigenvalue weighted by atomic mass is 16.4. The molecule has 0 bridgehead atoms. The maximum atomic E-state index is 12.0. The van der Waals surface area contributed by atoms with Gasteiger partial charge >= 0.3 is 5.97 Å². The Bertz CT molecular complexity index is 550. The van der Waals surface area contributed by atoms with E-state index in [1.165, 1.54) is 4.90 Å². The fourth-order valence-corrected chi connectivity index (χ4v) is 1.47. The zero-order chi connectivity index (χ0) is 16.2. The number of nitrogens with zero attached hydrogens (tertiary/aromatic N) is 1. The van der Waals surface area contributed by atoms with Crippen molar-refractivity contribution in [2.24, 2.45) is 0 Å². The Morgan fingerprint density at radius 2 is 1.76 bits per heavy atom. The van der Waals surface area contributed by atoms with Gasteiger partial charge in [-0.05, 0) is 45.2 Å². The van der Waals surface area contributed by atoms with Gasteiger partial charge in [-0.3, -0.25) is 4.79 Å². The van der Waals surface area contributed by atoms with E-state index >= 15 is 0 Å². The fourth-order valence-electron chi connectivity index (χ4n) is 1.47. The molecule has 1 aromatic carbocycles. The first kappa shape index (κ1) is 16.7. The van der Waals surface area contributed by atoms with Crippen LogP contribution >= 0.6 is 0 Å². The first-order chi connectivity index (χ1) is 9.69. The Morgan fingerprint density at radius 1 is 1.24 bits per heavy atom. The van der Waals surface area contributed by atoms with Gasteiger partial charge in [0.1, 0.15) is 5.70 Å². The van der Waals surface area contributed by atoms with Gasteiger partial charge in [0, 0.05) is 18.4 Å². The van der Waals surface area contributed by atoms with E-state index in [2.05, 4.69) is 17.2 Å². The maximum absolute atomic E-state index is 12.0. The number of hydrogen-bond acceptors (Lipinski definition) is 4. The minimum Gasteiger partial charge on any atom is -0.477 e. The maximum Gasteiger partial charge on any atom is 0.351 e. The predicted molar refractivity (Wildman–Crippen MR) is 83.4 cm³/mol. The summed E-state index contributed by atoms with van der Waals surface area (Å²) in [5.74, 6) is -1.23. The number of carboxylic acids is 1. The lowest BCUT2D eigenvalue weighted by Crippen LogP contribution is -2.47. The molecule has 0 saturated heterocycles. The van der Waals surface area contributed by atoms with E-state index in [0.717, 1.165) is 0 Å². The average Bonchev–Trinajstić information content (AvgIpc) is 2.46. The first-order valence-electron chi connectivity index (χ1n) is 6.45. The molecule has 3 N–H and O–H groups in total. The number of carbonyl (C=O) groups is 2. The molecular formula is C15H21N3O3. The van der Waals surface area contributed by atoms with Crippen LogP contribution in [0.1, 0.15) is 13.8 Å². The van der Waals surface area contributed by atoms with Gasteiger partial charge in [0.15, 0.2) is 0 Å². The molecule has 0 saturated carbocycles. The molecule has 114 valence electrons. The van der Waals surface area contributed by atoms with Gasteiger partial charge in [0.25, 0.3) is 0 Å². The fraction of sp³-hybridized carbons (Fsp3) is 0.333. The summed E-state index contributed by atoms with van der Waals surface area (Å²) in [6.07, 6.45) is 0. The molecule has 0 spiro atoms. The summed E-state index contributed by atoms with van der Waals surface area (Å²) >= 11 is 0. The molecule has 1 rings (SSSR count). The summed E-state index contributed by atoms with van der Waals surface area (Å²) in [6, 6.07) is 6.86. The van der Waals surface area contributed by atoms with Crippen LogP contribution in [-0.4, -0.2) is 36.6 Å². The van der Waals surface area contributed by atoms with Crippen LogP contribution in [-0.2, 0) is 9.59 Å². The molecule has 0 heterocycles. The van der Waals surface area contributed by atoms with Gasteiger partial charge in [0.2, 0.25) is 5.91 Å². The average molecular weight is 291 g/mol. The highest BCUT2D eigenvalue weighted by Crippen LogP contribution is 2.20. The lowest BCUT2D eigenvalue weighted by molar-refractivity contribution is -0.132. The summed E-state index contributed by atoms with van der Waals surface area (Å²) in [7, 11) is 3.34. The zero-order valence-corrected chi connectivity index (χ0v) is 12.7. The molecule has 0 fully saturated rings. The molecule has 1 amide bonds. The largest absolute Gasteiger partial charge is 0.477 e. The smallest absolute Gasteiger partial charge is 0.351 e. The molecule has 6 nitrogen and oxygen atoms in total. The van der Waals surface area contributed by atoms with Gasteiger partial charge < -0.3 is 20.6 Å². The molecule has 0 unspecified atom stereocenters. The minimum atomic E-state index is -1.08. The number of rotatable bonds is 6. The van der Waals surface area contributed by atoms with Gasteiger partial charge in [-0.15, -0.1) is 0 Å². The molecule has 0 radical (unpaired) electrons. The first-order valence-corrected chi connectivity index (χ1v) is 6.45. The SMILES string of the molecule is C=C(C(=O)O)N(C)c1ccc(NC(=O)C(C)(C)NC)cc1. The van der Waals surface area contributed by atoms with Crippen molar-refractivity contribution in [3.63, 3.8) is 0 Å². The summed E-state index contributed by atoms with van der Waals surface area (Å²) < 4.78 is 0. The van der Waals surface area contributed by atoms with Crippen LogP contribution in [0.2, 0.25) is 0 Å². The quantitative estimate of drug-likeness (QED) is 0.694. The van der Waals surface area contributed by atoms with Crippen LogP contribution in [0.4, 0.5) is 11.4 Å². The van der Waals surface area contributed by atoms with Crippen molar-refractivity contribution >= 4 is 23.3 Å². The van der Waals surface area contributed by atoms with E-state index in [9.17, 15) is 9.59 Å². The second kappa shape index (κ2) is 6.41. The van der Waals surface area contributed by atoms with Crippen molar-refractivity contribution < 1.29 is 14.7 Å². The summed E-state index contributed by atoms with van der Waals surface area (Å²) in [5, 5.41) is 14.6. The third kappa shape index (κ3) is 4.06. The highest BCUT2D eigenvalue weighted by Gasteiger charge is 2.25. The number of nitrogens with one attached hydrogen (secondary N) is 2. The zero-order valence-electron chi connectivity index (χ0n) is 12.7. The van der Waals surface area contributed by atoms with Gasteiger partial charge in [-0.1, -0.05) is 6.58 Å². The second-order valence-corrected chi connectivity index (χ2v) is 5.19. The van der Waals surface area contributed by atoms with Crippen molar-refractivity contribution in [3.8, 4) is 0 Å². The number of amides is 1. The topological polar surface area (TPSA) is 81.7 Å². The van der Waals surface area contributed by atoms with Crippen LogP contribution in [0.5, 0.6) is 0 Å². The van der Waals surface area contributed by atoms with Crippen molar-refractivity contribution in [2.75, 3.05) is 24.3 Å². The van der Waals surface area contributed by atoms with E-state index in [1.807, 2.05) is 0 Å². The van der Waals surface area contributed by atoms with Gasteiger partial charge in [0.05, 0.1) is 5.54 Å². The molecule has 21 heavy (non-hydrogen) atoms. The number of hydrogen-bond donors (Lipinski definition) is 3. The normalized spacial score (nSPS) is 10.9. The van der Waals surface area contributed by atoms with E-state index in [4.69, 9.17) is 5.11 Å². The van der Waals surface area contributed by atoms with Crippen LogP contribution in [0.25, 0.3) is 0 Å². The summed E-state index contributed by atoms with van der Waals surface area (Å²) in [4.78, 5) is 24.3.